The summed E-state index contributed by atoms with van der Waals surface area (Å²) < 4.78 is 13.2. The Labute approximate surface area is 261 Å². The summed E-state index contributed by atoms with van der Waals surface area (Å²) in [5.74, 6) is -0.861. The van der Waals surface area contributed by atoms with Gasteiger partial charge in [-0.3, -0.25) is 14.4 Å². The zero-order valence-electron chi connectivity index (χ0n) is 25.4. The second kappa shape index (κ2) is 10.8. The lowest BCUT2D eigenvalue weighted by molar-refractivity contribution is -0.201. The molecular formula is C36H39NO8. The SMILES string of the molecule is C[C@]12C=CC(=O)C=C1CC[C@@H]1[C@@H]2[C@@H](O)C[C@@]2(C)[C@H]1C[C@H]1O[C@@H](c3cccc(NC(=O)c4cccc(CO)c4)c3)O[C@]12C(=O)CO. The van der Waals surface area contributed by atoms with Crippen molar-refractivity contribution >= 4 is 23.2 Å². The molecule has 9 nitrogen and oxygen atoms in total. The molecule has 0 bridgehead atoms. The van der Waals surface area contributed by atoms with Gasteiger partial charge in [-0.2, -0.15) is 0 Å². The summed E-state index contributed by atoms with van der Waals surface area (Å²) in [5, 5.41) is 34.4. The van der Waals surface area contributed by atoms with Gasteiger partial charge in [-0.1, -0.05) is 49.8 Å². The van der Waals surface area contributed by atoms with Gasteiger partial charge >= 0.3 is 0 Å². The average Bonchev–Trinajstić information content (AvgIpc) is 3.54. The molecule has 3 saturated carbocycles. The maximum Gasteiger partial charge on any atom is 0.255 e. The van der Waals surface area contributed by atoms with Crippen LogP contribution < -0.4 is 5.32 Å². The third kappa shape index (κ3) is 4.43. The second-order valence-corrected chi connectivity index (χ2v) is 13.8. The number of fused-ring (bicyclic) bond motifs is 7. The first-order valence-electron chi connectivity index (χ1n) is 15.7. The molecule has 1 aliphatic heterocycles. The number of allylic oxidation sites excluding steroid dienone is 4. The highest BCUT2D eigenvalue weighted by Gasteiger charge is 2.75. The van der Waals surface area contributed by atoms with Crippen LogP contribution in [-0.2, 0) is 25.7 Å². The maximum absolute atomic E-state index is 13.8. The lowest BCUT2D eigenvalue weighted by Crippen LogP contribution is -2.63. The van der Waals surface area contributed by atoms with Gasteiger partial charge in [-0.05, 0) is 79.5 Å². The fraction of sp³-hybridized carbons (Fsp3) is 0.472. The number of aliphatic hydroxyl groups excluding tert-OH is 3. The van der Waals surface area contributed by atoms with Gasteiger partial charge in [-0.25, -0.2) is 0 Å². The van der Waals surface area contributed by atoms with Crippen molar-refractivity contribution in [2.24, 2.45) is 28.6 Å². The number of aliphatic hydroxyl groups is 3. The predicted molar refractivity (Wildman–Crippen MR) is 164 cm³/mol. The molecular weight excluding hydrogens is 574 g/mol. The minimum absolute atomic E-state index is 0.00272. The molecule has 7 rings (SSSR count). The van der Waals surface area contributed by atoms with Crippen LogP contribution in [-0.4, -0.2) is 57.2 Å². The van der Waals surface area contributed by atoms with Crippen molar-refractivity contribution in [2.45, 2.75) is 70.2 Å². The first kappa shape index (κ1) is 30.2. The highest BCUT2D eigenvalue weighted by Crippen LogP contribution is 2.70. The molecule has 1 amide bonds. The van der Waals surface area contributed by atoms with Gasteiger partial charge in [0.15, 0.2) is 23.5 Å². The Morgan fingerprint density at radius 1 is 1.09 bits per heavy atom. The average molecular weight is 614 g/mol. The molecule has 1 heterocycles. The summed E-state index contributed by atoms with van der Waals surface area (Å²) in [6, 6.07) is 13.8. The summed E-state index contributed by atoms with van der Waals surface area (Å²) in [6.45, 7) is 3.22. The number of carbonyl (C=O) groups excluding carboxylic acids is 3. The molecule has 0 aromatic heterocycles. The van der Waals surface area contributed by atoms with E-state index in [2.05, 4.69) is 12.2 Å². The van der Waals surface area contributed by atoms with Crippen molar-refractivity contribution in [1.82, 2.24) is 0 Å². The Morgan fingerprint density at radius 3 is 2.67 bits per heavy atom. The Balaban J connectivity index is 1.17. The monoisotopic (exact) mass is 613 g/mol. The van der Waals surface area contributed by atoms with Gasteiger partial charge < -0.3 is 30.1 Å². The highest BCUT2D eigenvalue weighted by atomic mass is 16.7. The summed E-state index contributed by atoms with van der Waals surface area (Å²) >= 11 is 0. The lowest BCUT2D eigenvalue weighted by atomic mass is 9.46. The van der Waals surface area contributed by atoms with E-state index in [1.54, 1.807) is 54.6 Å². The number of anilines is 1. The minimum atomic E-state index is -1.46. The smallest absolute Gasteiger partial charge is 0.255 e. The molecule has 1 saturated heterocycles. The van der Waals surface area contributed by atoms with Crippen LogP contribution in [0.1, 0.15) is 67.3 Å². The molecule has 4 aliphatic carbocycles. The number of ether oxygens (including phenoxy) is 2. The highest BCUT2D eigenvalue weighted by molar-refractivity contribution is 6.04. The Kier molecular flexibility index (Phi) is 7.26. The number of Topliss-reactive ketones (excluding diaryl/α,β-unsaturated/α-hetero) is 1. The molecule has 2 aromatic rings. The van der Waals surface area contributed by atoms with Crippen molar-refractivity contribution in [2.75, 3.05) is 11.9 Å². The van der Waals surface area contributed by atoms with Crippen molar-refractivity contribution in [3.05, 3.63) is 89.0 Å². The van der Waals surface area contributed by atoms with Crippen LogP contribution >= 0.6 is 0 Å². The number of benzene rings is 2. The quantitative estimate of drug-likeness (QED) is 0.383. The van der Waals surface area contributed by atoms with Crippen molar-refractivity contribution in [3.63, 3.8) is 0 Å². The van der Waals surface area contributed by atoms with Gasteiger partial charge in [0.25, 0.3) is 5.91 Å². The van der Waals surface area contributed by atoms with E-state index in [0.29, 0.717) is 35.2 Å². The van der Waals surface area contributed by atoms with Gasteiger partial charge in [0, 0.05) is 33.6 Å². The molecule has 5 aliphatic rings. The van der Waals surface area contributed by atoms with E-state index >= 15 is 0 Å². The molecule has 2 aromatic carbocycles. The number of nitrogens with one attached hydrogen (secondary N) is 1. The molecule has 9 atom stereocenters. The second-order valence-electron chi connectivity index (χ2n) is 13.8. The fourth-order valence-electron chi connectivity index (χ4n) is 9.61. The van der Waals surface area contributed by atoms with Gasteiger partial charge in [0.2, 0.25) is 0 Å². The number of hydrogen-bond acceptors (Lipinski definition) is 8. The van der Waals surface area contributed by atoms with Crippen molar-refractivity contribution in [1.29, 1.82) is 0 Å². The van der Waals surface area contributed by atoms with Gasteiger partial charge in [0.05, 0.1) is 18.8 Å². The zero-order valence-corrected chi connectivity index (χ0v) is 25.4. The molecule has 4 fully saturated rings. The van der Waals surface area contributed by atoms with E-state index in [-0.39, 0.29) is 36.1 Å². The summed E-state index contributed by atoms with van der Waals surface area (Å²) in [5.41, 5.74) is 0.511. The largest absolute Gasteiger partial charge is 0.393 e. The van der Waals surface area contributed by atoms with E-state index in [1.807, 2.05) is 19.1 Å². The fourth-order valence-corrected chi connectivity index (χ4v) is 9.61. The molecule has 236 valence electrons. The van der Waals surface area contributed by atoms with Crippen molar-refractivity contribution in [3.8, 4) is 0 Å². The zero-order chi connectivity index (χ0) is 31.7. The van der Waals surface area contributed by atoms with E-state index in [0.717, 1.165) is 18.4 Å². The van der Waals surface area contributed by atoms with E-state index in [9.17, 15) is 29.7 Å². The number of hydrogen-bond donors (Lipinski definition) is 4. The Morgan fingerprint density at radius 2 is 1.89 bits per heavy atom. The molecule has 45 heavy (non-hydrogen) atoms. The molecule has 4 N–H and O–H groups in total. The summed E-state index contributed by atoms with van der Waals surface area (Å²) in [7, 11) is 0. The topological polar surface area (TPSA) is 142 Å². The number of ketones is 2. The Hall–Kier alpha value is -3.47. The maximum atomic E-state index is 13.8. The Bertz CT molecular complexity index is 1630. The standard InChI is InChI=1S/C36H39NO8/c1-34-12-11-25(40)15-23(34)9-10-26-27-16-30-36(29(42)19-39,35(27,2)17-28(41)31(26)34)45-33(44-30)22-7-4-8-24(14-22)37-32(43)21-6-3-5-20(13-21)18-38/h3-8,11-15,26-28,30-31,33,38-39,41H,9-10,16-19H2,1-2H3,(H,37,43)/t26-,27-,28-,30+,31+,33+,34-,35-,36+/m0/s1. The first-order chi connectivity index (χ1) is 21.5. The number of rotatable bonds is 6. The lowest BCUT2D eigenvalue weighted by Gasteiger charge is -2.59. The van der Waals surface area contributed by atoms with Crippen LogP contribution in [0.4, 0.5) is 5.69 Å². The van der Waals surface area contributed by atoms with Crippen LogP contribution in [0.3, 0.4) is 0 Å². The van der Waals surface area contributed by atoms with Gasteiger partial charge in [0.1, 0.15) is 6.61 Å². The van der Waals surface area contributed by atoms with Crippen LogP contribution in [0.15, 0.2) is 72.3 Å². The van der Waals surface area contributed by atoms with Crippen LogP contribution in [0.5, 0.6) is 0 Å². The minimum Gasteiger partial charge on any atom is -0.393 e. The van der Waals surface area contributed by atoms with Crippen LogP contribution in [0, 0.1) is 28.6 Å². The van der Waals surface area contributed by atoms with E-state index < -0.39 is 47.3 Å². The third-order valence-corrected chi connectivity index (χ3v) is 11.6. The molecule has 9 heteroatoms. The van der Waals surface area contributed by atoms with Crippen LogP contribution in [0.25, 0.3) is 0 Å². The number of amides is 1. The predicted octanol–water partition coefficient (Wildman–Crippen LogP) is 4.03. The van der Waals surface area contributed by atoms with Gasteiger partial charge in [-0.15, -0.1) is 0 Å². The number of carbonyl (C=O) groups is 3. The van der Waals surface area contributed by atoms with E-state index in [1.165, 1.54) is 0 Å². The molecule has 0 unspecified atom stereocenters. The van der Waals surface area contributed by atoms with Crippen LogP contribution in [0.2, 0.25) is 0 Å². The normalized spacial score (nSPS) is 38.1. The first-order valence-corrected chi connectivity index (χ1v) is 15.7. The van der Waals surface area contributed by atoms with E-state index in [4.69, 9.17) is 9.47 Å². The van der Waals surface area contributed by atoms with Crippen molar-refractivity contribution < 1.29 is 39.2 Å². The molecule has 0 radical (unpaired) electrons. The summed E-state index contributed by atoms with van der Waals surface area (Å²) in [6.07, 6.45) is 5.34. The molecule has 0 spiro atoms. The summed E-state index contributed by atoms with van der Waals surface area (Å²) in [4.78, 5) is 38.9. The third-order valence-electron chi connectivity index (χ3n) is 11.6.